The number of hydrogen-bond acceptors (Lipinski definition) is 2. The number of hydrogen-bond donors (Lipinski definition) is 2. The molecule has 0 radical (unpaired) electrons. The Hall–Kier alpha value is -1.02. The van der Waals surface area contributed by atoms with E-state index in [4.69, 9.17) is 5.73 Å². The van der Waals surface area contributed by atoms with Crippen LogP contribution in [0.25, 0.3) is 0 Å². The molecule has 0 rings (SSSR count). The number of allylic oxidation sites excluding steroid dienone is 1. The van der Waals surface area contributed by atoms with Crippen LogP contribution < -0.4 is 5.73 Å². The lowest BCUT2D eigenvalue weighted by Gasteiger charge is -2.11. The fraction of sp³-hybridized carbons (Fsp3) is 0.250. The zero-order chi connectivity index (χ0) is 8.20. The molecule has 3 N–H and O–H groups in total. The summed E-state index contributed by atoms with van der Waals surface area (Å²) in [6, 6.07) is 0. The highest BCUT2D eigenvalue weighted by molar-refractivity contribution is 5.18. The number of aliphatic hydroxyl groups is 1. The average molecular weight is 139 g/mol. The van der Waals surface area contributed by atoms with Gasteiger partial charge in [0.1, 0.15) is 0 Å². The summed E-state index contributed by atoms with van der Waals surface area (Å²) in [6.07, 6.45) is 4.50. The third-order valence-electron chi connectivity index (χ3n) is 1.05. The highest BCUT2D eigenvalue weighted by Crippen LogP contribution is 2.05. The highest BCUT2D eigenvalue weighted by Gasteiger charge is 2.08. The van der Waals surface area contributed by atoms with Crippen molar-refractivity contribution in [1.82, 2.24) is 0 Å². The van der Waals surface area contributed by atoms with Crippen molar-refractivity contribution in [1.29, 1.82) is 0 Å². The molecule has 0 aromatic carbocycles. The molecule has 0 amide bonds. The van der Waals surface area contributed by atoms with Gasteiger partial charge in [0.25, 0.3) is 0 Å². The zero-order valence-electron chi connectivity index (χ0n) is 6.17. The van der Waals surface area contributed by atoms with E-state index in [9.17, 15) is 5.11 Å². The average Bonchev–Trinajstić information content (AvgIpc) is 1.85. The van der Waals surface area contributed by atoms with Crippen molar-refractivity contribution >= 4 is 0 Å². The Morgan fingerprint density at radius 3 is 2.50 bits per heavy atom. The van der Waals surface area contributed by atoms with Gasteiger partial charge in [0.15, 0.2) is 0 Å². The van der Waals surface area contributed by atoms with Crippen LogP contribution in [0.15, 0.2) is 37.1 Å². The van der Waals surface area contributed by atoms with E-state index in [1.165, 1.54) is 12.2 Å². The number of nitrogens with two attached hydrogens (primary N) is 1. The van der Waals surface area contributed by atoms with Gasteiger partial charge in [-0.3, -0.25) is 0 Å². The molecular weight excluding hydrogens is 126 g/mol. The smallest absolute Gasteiger partial charge is 0.0981 e. The molecule has 1 atom stereocenters. The Balaban J connectivity index is 4.12. The Labute approximate surface area is 61.4 Å². The molecule has 0 aromatic rings. The van der Waals surface area contributed by atoms with E-state index < -0.39 is 5.60 Å². The van der Waals surface area contributed by atoms with Crippen LogP contribution in [0.3, 0.4) is 0 Å². The van der Waals surface area contributed by atoms with E-state index >= 15 is 0 Å². The lowest BCUT2D eigenvalue weighted by molar-refractivity contribution is 0.164. The maximum atomic E-state index is 9.27. The Bertz CT molecular complexity index is 168. The molecule has 0 saturated heterocycles. The first-order valence-corrected chi connectivity index (χ1v) is 2.97. The van der Waals surface area contributed by atoms with Gasteiger partial charge in [-0.15, -0.1) is 0 Å². The second kappa shape index (κ2) is 3.22. The van der Waals surface area contributed by atoms with Gasteiger partial charge in [0.2, 0.25) is 0 Å². The van der Waals surface area contributed by atoms with Crippen LogP contribution in [0.1, 0.15) is 6.92 Å². The van der Waals surface area contributed by atoms with E-state index in [1.54, 1.807) is 13.0 Å². The first-order valence-electron chi connectivity index (χ1n) is 2.97. The predicted octanol–water partition coefficient (Wildman–Crippen LogP) is 0.952. The van der Waals surface area contributed by atoms with E-state index in [0.29, 0.717) is 5.70 Å². The maximum absolute atomic E-state index is 9.27. The minimum Gasteiger partial charge on any atom is -0.399 e. The van der Waals surface area contributed by atoms with Gasteiger partial charge in [-0.25, -0.2) is 0 Å². The Morgan fingerprint density at radius 1 is 1.70 bits per heavy atom. The van der Waals surface area contributed by atoms with E-state index in [-0.39, 0.29) is 0 Å². The zero-order valence-corrected chi connectivity index (χ0v) is 6.17. The van der Waals surface area contributed by atoms with Crippen LogP contribution in [0, 0.1) is 0 Å². The molecule has 10 heavy (non-hydrogen) atoms. The fourth-order valence-electron chi connectivity index (χ4n) is 0.344. The molecule has 0 bridgehead atoms. The summed E-state index contributed by atoms with van der Waals surface area (Å²) in [5, 5.41) is 9.27. The SMILES string of the molecule is C=CC(C)(O)/C=C\C(=C)N. The molecule has 0 heterocycles. The quantitative estimate of drug-likeness (QED) is 0.451. The minimum absolute atomic E-state index is 0.419. The van der Waals surface area contributed by atoms with Crippen molar-refractivity contribution in [2.24, 2.45) is 5.73 Å². The fourth-order valence-corrected chi connectivity index (χ4v) is 0.344. The molecule has 0 aliphatic heterocycles. The Kier molecular flexibility index (Phi) is 2.90. The van der Waals surface area contributed by atoms with Crippen LogP contribution in [0.2, 0.25) is 0 Å². The molecule has 0 spiro atoms. The summed E-state index contributed by atoms with van der Waals surface area (Å²) in [4.78, 5) is 0. The van der Waals surface area contributed by atoms with Crippen molar-refractivity contribution in [3.63, 3.8) is 0 Å². The molecule has 0 aliphatic carbocycles. The molecule has 0 aromatic heterocycles. The topological polar surface area (TPSA) is 46.2 Å². The second-order valence-electron chi connectivity index (χ2n) is 2.34. The van der Waals surface area contributed by atoms with Crippen LogP contribution in [-0.4, -0.2) is 10.7 Å². The van der Waals surface area contributed by atoms with Crippen LogP contribution in [0.4, 0.5) is 0 Å². The standard InChI is InChI=1S/C8H13NO/c1-4-8(3,10)6-5-7(2)9/h4-6,10H,1-2,9H2,3H3/b6-5-. The molecule has 0 aliphatic rings. The third kappa shape index (κ3) is 3.92. The normalized spacial score (nSPS) is 16.6. The van der Waals surface area contributed by atoms with Gasteiger partial charge in [-0.05, 0) is 19.1 Å². The number of rotatable bonds is 3. The highest BCUT2D eigenvalue weighted by atomic mass is 16.3. The van der Waals surface area contributed by atoms with Gasteiger partial charge in [0, 0.05) is 5.70 Å². The van der Waals surface area contributed by atoms with E-state index in [1.807, 2.05) is 0 Å². The summed E-state index contributed by atoms with van der Waals surface area (Å²) >= 11 is 0. The largest absolute Gasteiger partial charge is 0.399 e. The van der Waals surface area contributed by atoms with Crippen LogP contribution >= 0.6 is 0 Å². The van der Waals surface area contributed by atoms with Crippen molar-refractivity contribution in [2.75, 3.05) is 0 Å². The van der Waals surface area contributed by atoms with E-state index in [0.717, 1.165) is 0 Å². The molecule has 0 fully saturated rings. The van der Waals surface area contributed by atoms with Crippen molar-refractivity contribution in [3.05, 3.63) is 37.1 Å². The molecule has 1 unspecified atom stereocenters. The van der Waals surface area contributed by atoms with Crippen LogP contribution in [0.5, 0.6) is 0 Å². The van der Waals surface area contributed by atoms with E-state index in [2.05, 4.69) is 13.2 Å². The summed E-state index contributed by atoms with van der Waals surface area (Å²) in [5.41, 5.74) is 4.66. The molecule has 0 saturated carbocycles. The summed E-state index contributed by atoms with van der Waals surface area (Å²) in [5.74, 6) is 0. The molecule has 2 heteroatoms. The van der Waals surface area contributed by atoms with Crippen molar-refractivity contribution < 1.29 is 5.11 Å². The third-order valence-corrected chi connectivity index (χ3v) is 1.05. The van der Waals surface area contributed by atoms with Gasteiger partial charge < -0.3 is 10.8 Å². The second-order valence-corrected chi connectivity index (χ2v) is 2.34. The van der Waals surface area contributed by atoms with Gasteiger partial charge in [-0.2, -0.15) is 0 Å². The maximum Gasteiger partial charge on any atom is 0.0981 e. The Morgan fingerprint density at radius 2 is 2.20 bits per heavy atom. The molecule has 56 valence electrons. The van der Waals surface area contributed by atoms with Gasteiger partial charge >= 0.3 is 0 Å². The summed E-state index contributed by atoms with van der Waals surface area (Å²) in [6.45, 7) is 8.49. The van der Waals surface area contributed by atoms with Gasteiger partial charge in [0.05, 0.1) is 5.60 Å². The summed E-state index contributed by atoms with van der Waals surface area (Å²) in [7, 11) is 0. The summed E-state index contributed by atoms with van der Waals surface area (Å²) < 4.78 is 0. The predicted molar refractivity (Wildman–Crippen MR) is 43.3 cm³/mol. The lowest BCUT2D eigenvalue weighted by atomic mass is 10.1. The molecular formula is C8H13NO. The van der Waals surface area contributed by atoms with Crippen molar-refractivity contribution in [2.45, 2.75) is 12.5 Å². The first kappa shape index (κ1) is 8.98. The van der Waals surface area contributed by atoms with Crippen molar-refractivity contribution in [3.8, 4) is 0 Å². The van der Waals surface area contributed by atoms with Gasteiger partial charge in [-0.1, -0.05) is 19.2 Å². The lowest BCUT2D eigenvalue weighted by Crippen LogP contribution is -2.16. The first-order chi connectivity index (χ1) is 4.48. The molecule has 2 nitrogen and oxygen atoms in total. The minimum atomic E-state index is -0.984. The van der Waals surface area contributed by atoms with Crippen LogP contribution in [-0.2, 0) is 0 Å². The monoisotopic (exact) mass is 139 g/mol.